The number of carboxylic acid groups (broad SMARTS) is 1. The molecule has 16 aliphatic heterocycles. The number of ether oxygens (including phenoxy) is 21. The van der Waals surface area contributed by atoms with Gasteiger partial charge in [0.15, 0.2) is 22.4 Å². The normalized spacial score (nSPS) is 49.0. The van der Waals surface area contributed by atoms with Crippen molar-refractivity contribution < 1.29 is 191 Å². The van der Waals surface area contributed by atoms with E-state index in [2.05, 4.69) is 109 Å². The van der Waals surface area contributed by atoms with Gasteiger partial charge in [-0.05, 0) is 147 Å². The predicted molar refractivity (Wildman–Crippen MR) is 506 cm³/mol. The predicted octanol–water partition coefficient (Wildman–Crippen LogP) is 6.51. The summed E-state index contributed by atoms with van der Waals surface area (Å²) in [5.41, 5.74) is 1.14. The summed E-state index contributed by atoms with van der Waals surface area (Å²) in [6, 6.07) is 0. The first-order chi connectivity index (χ1) is 65.9. The fourth-order valence-corrected chi connectivity index (χ4v) is 32.9. The van der Waals surface area contributed by atoms with Crippen LogP contribution in [0.25, 0.3) is 0 Å². The van der Waals surface area contributed by atoms with Gasteiger partial charge in [-0.1, -0.05) is 160 Å². The number of nitrogens with one attached hydrogen (secondary N) is 1. The summed E-state index contributed by atoms with van der Waals surface area (Å²) in [6.45, 7) is 28.7. The van der Waals surface area contributed by atoms with Gasteiger partial charge in [-0.15, -0.1) is 0 Å². The second kappa shape index (κ2) is 35.5. The second-order valence-corrected chi connectivity index (χ2v) is 45.0. The Hall–Kier alpha value is -5.13. The van der Waals surface area contributed by atoms with Crippen LogP contribution in [0, 0.1) is 69.0 Å². The average molecular weight is 2080 g/mol. The number of aliphatic carboxylic acids is 1. The molecule has 1 unspecified atom stereocenters. The van der Waals surface area contributed by atoms with Gasteiger partial charge in [0.05, 0.1) is 59.7 Å². The number of fused-ring (bicyclic) bond motifs is 16. The number of methoxy groups -OCH3 is 2. The molecule has 778 valence electrons. The number of rotatable bonds is 18. The third-order valence-electron chi connectivity index (χ3n) is 39.1. The van der Waals surface area contributed by atoms with E-state index >= 15 is 0 Å². The molecule has 6 N–H and O–H groups in total. The van der Waals surface area contributed by atoms with E-state index in [1.54, 1.807) is 35.1 Å². The number of allylic oxidation sites excluding steroid dienone is 1. The number of amides is 1. The monoisotopic (exact) mass is 2070 g/mol. The molecule has 141 heavy (non-hydrogen) atoms. The topological polar surface area (TPSA) is 484 Å². The van der Waals surface area contributed by atoms with Crippen LogP contribution in [0.5, 0.6) is 0 Å². The van der Waals surface area contributed by atoms with Gasteiger partial charge in [0.2, 0.25) is 5.91 Å². The minimum absolute atomic E-state index is 0. The first-order valence-electron chi connectivity index (χ1n) is 50.6. The molecule has 12 saturated heterocycles. The standard InChI is InChI=1S/C25H31NO7.C25H30O8.C24H28O8.C20H24O6.C5H7BrO2.5CH4.Na.2H2O.H3P/c1-12(2)23-18(32-23)19-25(33-19)22(3)8-7-13-14(11-30-20(13)28)15(22)10-16-24(25,31-16)21(23)29-9-5-6-17(27)26-4;1-12(2)23-18(32-23)19-25(33-19)22(3)8-7-13-14(11-30-20(13)27)15(22)10-16-24(25,31-16)21(23)29-9-5-6-17(26)28-4;1-11(2)22-17(31-22)18-24(32-18)21(3)7-6-12-13(10-29-19(12)27)14(21)9-15-23(24,30-15)20(22)28-8-4-5-16(25)26;1-8(2)18-13(25-18)14-20(26-14)17(3)5-4-9-10(7-23-15(9)21)11(17)6-12-19(20,24-12)16(18)22;1-8-5(7)3-2-4-6;;;;;;;;;/h5-6,12,15-16,18-19,21H,7-11H2,1-4H3,(H,26,27);5-6,12,15-16,18-19,21H,7-11H2,1-4H3;4-5,11,14-15,17-18,20H,6-10H2,1-3H3,(H,25,26);8,11-14,16,22H,4-7H2,1-3H3;2-3H,4H2,1H3;5*1H4;;2*1H2;1H3/q;;;;;;;;;;+1;;;/p-1/b2*6-5-;5-4-;;3-2+;;;;;;;;;/t2*15-,16-,18-,19-,21+,22-,23-,24+,25+;14-,15-,17-,18-,20+,21-,22-,23+,24+;11-,12-,13-,14-,16+,17-,18-,19+,20+;;;;;;;;;;/m0000........../s1/i;;;;;1T;1D;;;;;;;1T. The molecule has 20 fully saturated rings. The number of epoxide rings is 12. The summed E-state index contributed by atoms with van der Waals surface area (Å²) in [7, 11) is 8.48. The van der Waals surface area contributed by atoms with Crippen molar-refractivity contribution in [3.05, 3.63) is 93.2 Å². The van der Waals surface area contributed by atoms with Crippen molar-refractivity contribution in [2.75, 3.05) is 72.8 Å². The summed E-state index contributed by atoms with van der Waals surface area (Å²) in [6.07, 6.45) is 19.7. The molecule has 28 rings (SSSR count). The number of aliphatic hydroxyl groups excluding tert-OH is 1. The van der Waals surface area contributed by atoms with E-state index in [0.29, 0.717) is 51.2 Å². The van der Waals surface area contributed by atoms with Gasteiger partial charge in [0, 0.05) is 83.4 Å². The molecule has 12 aliphatic carbocycles. The summed E-state index contributed by atoms with van der Waals surface area (Å²) in [4.78, 5) is 93.1. The Balaban J connectivity index is 0.000000137. The van der Waals surface area contributed by atoms with Gasteiger partial charge in [0.25, 0.3) is 0 Å². The van der Waals surface area contributed by atoms with Gasteiger partial charge in [-0.25, -0.2) is 33.6 Å². The molecule has 16 heterocycles. The van der Waals surface area contributed by atoms with E-state index in [1.165, 1.54) is 53.3 Å². The number of alkyl halides is 1. The summed E-state index contributed by atoms with van der Waals surface area (Å²) in [5, 5.41) is 23.7. The third kappa shape index (κ3) is 13.1. The van der Waals surface area contributed by atoms with Crippen LogP contribution in [0.3, 0.4) is 0 Å². The fourth-order valence-electron chi connectivity index (χ4n) is 32.7. The Morgan fingerprint density at radius 1 is 0.447 bits per heavy atom. The van der Waals surface area contributed by atoms with Crippen LogP contribution in [-0.2, 0) is 138 Å². The Bertz CT molecular complexity index is 5280. The maximum Gasteiger partial charge on any atom is 1.00 e. The average Bonchev–Trinajstić information content (AvgIpc) is 1.43. The second-order valence-electron chi connectivity index (χ2n) is 44.3. The molecular formula is C104H146BrNNaO33P. The van der Waals surface area contributed by atoms with Gasteiger partial charge in [-0.2, -0.15) is 9.84 Å². The first kappa shape index (κ1) is 106. The Labute approximate surface area is 863 Å². The Kier molecular flexibility index (Phi) is 26.6. The van der Waals surface area contributed by atoms with Crippen molar-refractivity contribution in [3.8, 4) is 0 Å². The van der Waals surface area contributed by atoms with Gasteiger partial charge < -0.3 is 126 Å². The van der Waals surface area contributed by atoms with Crippen molar-refractivity contribution in [1.82, 2.24) is 5.32 Å². The molecule has 0 aromatic rings. The zero-order valence-electron chi connectivity index (χ0n) is 84.8. The number of likely N-dealkylation sites (N-methyl/N-ethyl adjacent to an activating group) is 1. The molecular weight excluding hydrogens is 1920 g/mol. The number of hydrogen-bond donors (Lipinski definition) is 3. The number of halogens is 1. The van der Waals surface area contributed by atoms with Gasteiger partial charge in [-0.3, -0.25) is 4.79 Å². The van der Waals surface area contributed by atoms with E-state index in [9.17, 15) is 43.5 Å². The van der Waals surface area contributed by atoms with Crippen LogP contribution in [-0.4, -0.2) is 308 Å². The molecule has 0 aromatic heterocycles. The summed E-state index contributed by atoms with van der Waals surface area (Å²) in [5.74, 6) is -0.793. The molecule has 28 aliphatic rings. The molecule has 8 spiro atoms. The van der Waals surface area contributed by atoms with Gasteiger partial charge in [0.1, 0.15) is 144 Å². The van der Waals surface area contributed by atoms with Crippen LogP contribution in [0.2, 0.25) is 0 Å². The van der Waals surface area contributed by atoms with Crippen LogP contribution in [0.1, 0.15) is 200 Å². The summed E-state index contributed by atoms with van der Waals surface area (Å²) >= 11 is 3.11. The smallest absolute Gasteiger partial charge is 0.870 e. The first-order valence-corrected chi connectivity index (χ1v) is 49.1. The quantitative estimate of drug-likeness (QED) is 0.0250. The number of cyclic esters (lactones) is 4. The minimum atomic E-state index is -0.996. The molecule has 0 radical (unpaired) electrons. The minimum Gasteiger partial charge on any atom is -0.870 e. The fraction of sp³-hybridized carbons (Fsp3) is 0.769. The summed E-state index contributed by atoms with van der Waals surface area (Å²) < 4.78 is 146. The van der Waals surface area contributed by atoms with Crippen LogP contribution >= 0.6 is 25.8 Å². The van der Waals surface area contributed by atoms with E-state index in [-0.39, 0.29) is 272 Å². The van der Waals surface area contributed by atoms with Crippen LogP contribution in [0.4, 0.5) is 0 Å². The van der Waals surface area contributed by atoms with Crippen LogP contribution in [0.15, 0.2) is 93.2 Å². The van der Waals surface area contributed by atoms with Crippen molar-refractivity contribution in [2.24, 2.45) is 69.0 Å². The van der Waals surface area contributed by atoms with E-state index in [0.717, 1.165) is 115 Å². The number of carbonyl (C=O) groups is 8. The molecule has 0 bridgehead atoms. The molecule has 34 nitrogen and oxygen atoms in total. The maximum atomic E-state index is 12.3. The molecule has 0 aromatic carbocycles. The van der Waals surface area contributed by atoms with E-state index in [4.69, 9.17) is 104 Å². The largest absolute Gasteiger partial charge is 1.00 e. The van der Waals surface area contributed by atoms with Crippen LogP contribution < -0.4 is 34.9 Å². The zero-order valence-corrected chi connectivity index (χ0v) is 86.5. The number of carboxylic acids is 1. The number of esters is 6. The molecule has 1 amide bonds. The number of carbonyl (C=O) groups excluding carboxylic acids is 7. The zero-order chi connectivity index (χ0) is 98.4. The van der Waals surface area contributed by atoms with Gasteiger partial charge >= 0.3 is 71.3 Å². The number of hydrogen-bond acceptors (Lipinski definition) is 31. The molecule has 37 heteroatoms. The Morgan fingerprint density at radius 2 is 0.709 bits per heavy atom. The van der Waals surface area contributed by atoms with Crippen molar-refractivity contribution in [1.29, 1.82) is 1.28 Å². The van der Waals surface area contributed by atoms with Crippen molar-refractivity contribution in [2.45, 2.75) is 362 Å². The van der Waals surface area contributed by atoms with E-state index < -0.39 is 85.3 Å². The van der Waals surface area contributed by atoms with E-state index in [1.807, 2.05) is 0 Å². The van der Waals surface area contributed by atoms with Crippen molar-refractivity contribution in [3.63, 3.8) is 0 Å². The molecule has 8 saturated carbocycles. The Morgan fingerprint density at radius 3 is 0.993 bits per heavy atom. The third-order valence-corrected chi connectivity index (χ3v) is 39.5. The SMILES string of the molecule is C.C.C.CC(C)[C@]12O[C@H]1[C@@H]1O[C@]13[C@]1(O[C@H]1C[C@H]1C4=C(CC[C@@]13C)C(=O)OC4)[C@@H]2O.CC(C)[C@]12O[C@H]1[C@@H]1O[C@]13[C@]1(O[C@H]1C[C@H]1C4=C(CC[C@@]13C)C(=O)OC4)[C@@H]2OC/C=C\C(=O)O.CNC(=O)/C=C\CO[C@@H]1[C@@]2(C(C)C)O[C@H]2[C@@H]2O[C@]23[C@]12O[C@H]2C[C@H]1C2=C(CC[C@@]13C)C(=O)OC2.COC(=O)/C=C/CBr.COC(=O)/C=C\CO[C@@H]1[C@@]2(C(C)C)O[C@H]2[C@@H]2O[C@]23[C@]12O[C@H]2C[C@H]1C2=C(CC[C@@]13C)C(=O)OC2.O.[2H]C.[3H]C.[3H]P.[Na+].[OH-]. The number of aliphatic hydroxyl groups is 1. The van der Waals surface area contributed by atoms with Crippen molar-refractivity contribution >= 4 is 73.5 Å². The molecule has 37 atom stereocenters. The maximum absolute atomic E-state index is 12.3.